The molecule has 0 aliphatic heterocycles. The van der Waals surface area contributed by atoms with E-state index in [1.54, 1.807) is 0 Å². The zero-order chi connectivity index (χ0) is 13.4. The van der Waals surface area contributed by atoms with Crippen molar-refractivity contribution in [2.75, 3.05) is 13.6 Å². The van der Waals surface area contributed by atoms with Gasteiger partial charge in [0.2, 0.25) is 0 Å². The second-order valence-corrected chi connectivity index (χ2v) is 6.10. The van der Waals surface area contributed by atoms with Crippen LogP contribution in [0.5, 0.6) is 0 Å². The molecule has 0 saturated heterocycles. The average molecular weight is 249 g/mol. The van der Waals surface area contributed by atoms with Crippen LogP contribution in [0.15, 0.2) is 23.3 Å². The van der Waals surface area contributed by atoms with Crippen LogP contribution in [-0.2, 0) is 0 Å². The number of allylic oxidation sites excluding steroid dienone is 3. The SMILES string of the molecule is CC(C)=CCC/C(C)=C/CN(C)C1CCCCC1. The Kier molecular flexibility index (Phi) is 7.34. The summed E-state index contributed by atoms with van der Waals surface area (Å²) < 4.78 is 0. The lowest BCUT2D eigenvalue weighted by Crippen LogP contribution is -2.33. The molecular weight excluding hydrogens is 218 g/mol. The third-order valence-corrected chi connectivity index (χ3v) is 4.02. The van der Waals surface area contributed by atoms with E-state index in [-0.39, 0.29) is 0 Å². The summed E-state index contributed by atoms with van der Waals surface area (Å²) in [6, 6.07) is 0.834. The molecule has 1 fully saturated rings. The van der Waals surface area contributed by atoms with Crippen LogP contribution in [0.3, 0.4) is 0 Å². The van der Waals surface area contributed by atoms with Gasteiger partial charge in [0.1, 0.15) is 0 Å². The highest BCUT2D eigenvalue weighted by Gasteiger charge is 2.16. The van der Waals surface area contributed by atoms with Crippen LogP contribution in [0.1, 0.15) is 65.7 Å². The van der Waals surface area contributed by atoms with Crippen molar-refractivity contribution in [3.63, 3.8) is 0 Å². The largest absolute Gasteiger partial charge is 0.300 e. The van der Waals surface area contributed by atoms with Crippen LogP contribution in [0.25, 0.3) is 0 Å². The Morgan fingerprint density at radius 3 is 2.33 bits per heavy atom. The third-order valence-electron chi connectivity index (χ3n) is 4.02. The molecule has 0 aromatic carbocycles. The van der Waals surface area contributed by atoms with Crippen molar-refractivity contribution < 1.29 is 0 Å². The fraction of sp³-hybridized carbons (Fsp3) is 0.765. The van der Waals surface area contributed by atoms with E-state index in [0.29, 0.717) is 0 Å². The van der Waals surface area contributed by atoms with Gasteiger partial charge in [-0.3, -0.25) is 4.90 Å². The average Bonchev–Trinajstić information content (AvgIpc) is 2.36. The molecule has 1 saturated carbocycles. The van der Waals surface area contributed by atoms with Crippen molar-refractivity contribution in [3.8, 4) is 0 Å². The lowest BCUT2D eigenvalue weighted by atomic mass is 9.94. The van der Waals surface area contributed by atoms with Crippen LogP contribution in [-0.4, -0.2) is 24.5 Å². The summed E-state index contributed by atoms with van der Waals surface area (Å²) in [4.78, 5) is 2.55. The lowest BCUT2D eigenvalue weighted by Gasteiger charge is -2.30. The molecule has 1 aliphatic carbocycles. The van der Waals surface area contributed by atoms with E-state index in [1.807, 2.05) is 0 Å². The number of rotatable bonds is 6. The van der Waals surface area contributed by atoms with Gasteiger partial charge >= 0.3 is 0 Å². The fourth-order valence-corrected chi connectivity index (χ4v) is 2.66. The third kappa shape index (κ3) is 6.39. The van der Waals surface area contributed by atoms with E-state index < -0.39 is 0 Å². The molecule has 0 atom stereocenters. The van der Waals surface area contributed by atoms with Crippen LogP contribution < -0.4 is 0 Å². The molecule has 0 heterocycles. The number of nitrogens with zero attached hydrogens (tertiary/aromatic N) is 1. The van der Waals surface area contributed by atoms with Crippen molar-refractivity contribution in [2.24, 2.45) is 0 Å². The maximum atomic E-state index is 2.55. The second-order valence-electron chi connectivity index (χ2n) is 6.10. The molecule has 1 rings (SSSR count). The van der Waals surface area contributed by atoms with Gasteiger partial charge in [0.05, 0.1) is 0 Å². The molecule has 0 N–H and O–H groups in total. The van der Waals surface area contributed by atoms with Crippen LogP contribution >= 0.6 is 0 Å². The molecule has 0 aromatic heterocycles. The normalized spacial score (nSPS) is 18.2. The first-order chi connectivity index (χ1) is 8.59. The van der Waals surface area contributed by atoms with Gasteiger partial charge in [-0.05, 0) is 53.5 Å². The second kappa shape index (κ2) is 8.53. The highest BCUT2D eigenvalue weighted by atomic mass is 15.1. The van der Waals surface area contributed by atoms with Gasteiger partial charge in [-0.2, -0.15) is 0 Å². The zero-order valence-corrected chi connectivity index (χ0v) is 12.8. The van der Waals surface area contributed by atoms with Gasteiger partial charge in [-0.1, -0.05) is 42.6 Å². The summed E-state index contributed by atoms with van der Waals surface area (Å²) in [6.07, 6.45) is 14.3. The van der Waals surface area contributed by atoms with Crippen molar-refractivity contribution in [3.05, 3.63) is 23.3 Å². The van der Waals surface area contributed by atoms with Crippen molar-refractivity contribution in [2.45, 2.75) is 71.8 Å². The predicted molar refractivity (Wildman–Crippen MR) is 81.9 cm³/mol. The number of likely N-dealkylation sites (N-methyl/N-ethyl adjacent to an activating group) is 1. The lowest BCUT2D eigenvalue weighted by molar-refractivity contribution is 0.209. The van der Waals surface area contributed by atoms with Crippen LogP contribution in [0.4, 0.5) is 0 Å². The maximum Gasteiger partial charge on any atom is 0.0165 e. The Balaban J connectivity index is 2.26. The van der Waals surface area contributed by atoms with E-state index in [9.17, 15) is 0 Å². The smallest absolute Gasteiger partial charge is 0.0165 e. The Labute approximate surface area is 114 Å². The summed E-state index contributed by atoms with van der Waals surface area (Å²) in [5, 5.41) is 0. The molecule has 0 spiro atoms. The Hall–Kier alpha value is -0.560. The number of hydrogen-bond acceptors (Lipinski definition) is 1. The highest BCUT2D eigenvalue weighted by molar-refractivity contribution is 5.03. The van der Waals surface area contributed by atoms with Crippen LogP contribution in [0, 0.1) is 0 Å². The first-order valence-electron chi connectivity index (χ1n) is 7.59. The molecule has 104 valence electrons. The molecular formula is C17H31N. The zero-order valence-electron chi connectivity index (χ0n) is 12.8. The van der Waals surface area contributed by atoms with Gasteiger partial charge < -0.3 is 0 Å². The van der Waals surface area contributed by atoms with E-state index in [2.05, 4.69) is 44.9 Å². The van der Waals surface area contributed by atoms with E-state index in [0.717, 1.165) is 12.6 Å². The standard InChI is InChI=1S/C17H31N/c1-15(2)9-8-10-16(3)13-14-18(4)17-11-6-5-7-12-17/h9,13,17H,5-8,10-12,14H2,1-4H3/b16-13+. The Morgan fingerprint density at radius 1 is 1.06 bits per heavy atom. The minimum atomic E-state index is 0.834. The van der Waals surface area contributed by atoms with Crippen LogP contribution in [0.2, 0.25) is 0 Å². The molecule has 0 radical (unpaired) electrons. The Morgan fingerprint density at radius 2 is 1.72 bits per heavy atom. The van der Waals surface area contributed by atoms with Gasteiger partial charge in [0, 0.05) is 12.6 Å². The van der Waals surface area contributed by atoms with Gasteiger partial charge in [-0.15, -0.1) is 0 Å². The van der Waals surface area contributed by atoms with Gasteiger partial charge in [0.15, 0.2) is 0 Å². The molecule has 1 nitrogen and oxygen atoms in total. The molecule has 0 unspecified atom stereocenters. The Bertz CT molecular complexity index is 278. The minimum Gasteiger partial charge on any atom is -0.300 e. The van der Waals surface area contributed by atoms with Gasteiger partial charge in [0.25, 0.3) is 0 Å². The first-order valence-corrected chi connectivity index (χ1v) is 7.59. The van der Waals surface area contributed by atoms with Crippen molar-refractivity contribution >= 4 is 0 Å². The summed E-state index contributed by atoms with van der Waals surface area (Å²) in [6.45, 7) is 7.75. The van der Waals surface area contributed by atoms with E-state index in [4.69, 9.17) is 0 Å². The quantitative estimate of drug-likeness (QED) is 0.602. The molecule has 1 heteroatoms. The molecule has 0 aromatic rings. The summed E-state index contributed by atoms with van der Waals surface area (Å²) >= 11 is 0. The first kappa shape index (κ1) is 15.5. The predicted octanol–water partition coefficient (Wildman–Crippen LogP) is 4.94. The van der Waals surface area contributed by atoms with Crippen molar-refractivity contribution in [1.29, 1.82) is 0 Å². The molecule has 18 heavy (non-hydrogen) atoms. The minimum absolute atomic E-state index is 0.834. The van der Waals surface area contributed by atoms with Crippen molar-refractivity contribution in [1.82, 2.24) is 4.90 Å². The van der Waals surface area contributed by atoms with E-state index >= 15 is 0 Å². The molecule has 1 aliphatic rings. The topological polar surface area (TPSA) is 3.24 Å². The monoisotopic (exact) mass is 249 g/mol. The summed E-state index contributed by atoms with van der Waals surface area (Å²) in [5.74, 6) is 0. The van der Waals surface area contributed by atoms with Gasteiger partial charge in [-0.25, -0.2) is 0 Å². The molecule has 0 bridgehead atoms. The summed E-state index contributed by atoms with van der Waals surface area (Å²) in [5.41, 5.74) is 2.97. The van der Waals surface area contributed by atoms with E-state index in [1.165, 1.54) is 56.1 Å². The fourth-order valence-electron chi connectivity index (χ4n) is 2.66. The number of hydrogen-bond donors (Lipinski definition) is 0. The summed E-state index contributed by atoms with van der Waals surface area (Å²) in [7, 11) is 2.29. The highest BCUT2D eigenvalue weighted by Crippen LogP contribution is 2.21. The maximum absolute atomic E-state index is 2.55. The molecule has 0 amide bonds.